The molecule has 0 saturated carbocycles. The van der Waals surface area contributed by atoms with Crippen molar-refractivity contribution in [2.45, 2.75) is 0 Å². The second-order valence-corrected chi connectivity index (χ2v) is 0.691. The third kappa shape index (κ3) is 8.85. The molecule has 0 radical (unpaired) electrons. The van der Waals surface area contributed by atoms with Crippen molar-refractivity contribution in [2.75, 3.05) is 13.7 Å². The molecule has 30 valence electrons. The van der Waals surface area contributed by atoms with E-state index in [0.717, 1.165) is 0 Å². The molecule has 0 spiro atoms. The average Bonchev–Trinajstić information content (AvgIpc) is 1.41. The van der Waals surface area contributed by atoms with Crippen molar-refractivity contribution in [3.05, 3.63) is 12.7 Å². The van der Waals surface area contributed by atoms with Crippen molar-refractivity contribution in [2.24, 2.45) is 0 Å². The number of rotatable bonds is 2. The Hall–Kier alpha value is 0.297. The van der Waals surface area contributed by atoms with Crippen LogP contribution in [-0.4, -0.2) is 13.7 Å². The summed E-state index contributed by atoms with van der Waals surface area (Å²) in [6, 6.07) is 0. The molecule has 0 N–H and O–H groups in total. The van der Waals surface area contributed by atoms with Crippen molar-refractivity contribution in [1.82, 2.24) is 0 Å². The van der Waals surface area contributed by atoms with Crippen LogP contribution in [0.15, 0.2) is 6.08 Å². The van der Waals surface area contributed by atoms with Gasteiger partial charge in [-0.25, -0.2) is 6.08 Å². The summed E-state index contributed by atoms with van der Waals surface area (Å²) in [6.45, 7) is 5.43. The molecule has 0 aliphatic carbocycles. The van der Waals surface area contributed by atoms with Crippen molar-refractivity contribution in [3.8, 4) is 0 Å². The van der Waals surface area contributed by atoms with Crippen molar-refractivity contribution < 1.29 is 23.6 Å². The van der Waals surface area contributed by atoms with E-state index >= 15 is 0 Å². The maximum Gasteiger partial charge on any atom is 1.00 e. The third-order valence-corrected chi connectivity index (χ3v) is 0.263. The van der Waals surface area contributed by atoms with Crippen LogP contribution in [-0.2, 0) is 4.74 Å². The normalized spacial score (nSPS) is 6.17. The summed E-state index contributed by atoms with van der Waals surface area (Å²) in [4.78, 5) is 0. The summed E-state index contributed by atoms with van der Waals surface area (Å²) in [6.07, 6.45) is 1.46. The first-order valence-electron chi connectivity index (χ1n) is 1.44. The van der Waals surface area contributed by atoms with E-state index in [1.807, 2.05) is 0 Å². The van der Waals surface area contributed by atoms with Gasteiger partial charge < -0.3 is 11.3 Å². The standard InChI is InChI=1S/C4H7O.Li/c1-3-4-5-2;/h1,3H,4H2,2H3;/q-1;+1. The molecule has 1 nitrogen and oxygen atoms in total. The molecule has 0 heterocycles. The molecule has 0 unspecified atom stereocenters. The Morgan fingerprint density at radius 3 is 2.33 bits per heavy atom. The van der Waals surface area contributed by atoms with Crippen LogP contribution in [0.4, 0.5) is 0 Å². The first-order chi connectivity index (χ1) is 2.41. The summed E-state index contributed by atoms with van der Waals surface area (Å²) in [5.74, 6) is 0. The maximum absolute atomic E-state index is 4.89. The fourth-order valence-electron chi connectivity index (χ4n) is 0.0962. The van der Waals surface area contributed by atoms with Gasteiger partial charge in [0.25, 0.3) is 0 Å². The third-order valence-electron chi connectivity index (χ3n) is 0.263. The predicted octanol–water partition coefficient (Wildman–Crippen LogP) is -2.37. The minimum absolute atomic E-state index is 0. The van der Waals surface area contributed by atoms with E-state index in [2.05, 4.69) is 4.74 Å². The van der Waals surface area contributed by atoms with Gasteiger partial charge in [0, 0.05) is 13.7 Å². The smallest absolute Gasteiger partial charge is 0.516 e. The van der Waals surface area contributed by atoms with Gasteiger partial charge in [0.15, 0.2) is 0 Å². The van der Waals surface area contributed by atoms with Gasteiger partial charge in [-0.15, -0.1) is 0 Å². The molecule has 0 amide bonds. The SMILES string of the molecule is [CH-]=CCOC.[Li+]. The number of hydrogen-bond donors (Lipinski definition) is 0. The molecule has 0 atom stereocenters. The minimum atomic E-state index is 0. The molecule has 0 rings (SSSR count). The zero-order chi connectivity index (χ0) is 4.12. The topological polar surface area (TPSA) is 9.23 Å². The van der Waals surface area contributed by atoms with Crippen molar-refractivity contribution >= 4 is 0 Å². The largest absolute Gasteiger partial charge is 1.00 e. The summed E-state index contributed by atoms with van der Waals surface area (Å²) in [5.41, 5.74) is 0. The summed E-state index contributed by atoms with van der Waals surface area (Å²) >= 11 is 0. The van der Waals surface area contributed by atoms with Gasteiger partial charge in [-0.1, -0.05) is 0 Å². The molecule has 0 bridgehead atoms. The summed E-state index contributed by atoms with van der Waals surface area (Å²) in [5, 5.41) is 0. The fourth-order valence-corrected chi connectivity index (χ4v) is 0.0962. The van der Waals surface area contributed by atoms with Gasteiger partial charge in [0.05, 0.1) is 0 Å². The van der Waals surface area contributed by atoms with E-state index in [1.54, 1.807) is 7.11 Å². The first kappa shape index (κ1) is 9.57. The quantitative estimate of drug-likeness (QED) is 0.265. The second kappa shape index (κ2) is 9.00. The van der Waals surface area contributed by atoms with Gasteiger partial charge in [-0.2, -0.15) is 0 Å². The van der Waals surface area contributed by atoms with Crippen LogP contribution in [0.1, 0.15) is 0 Å². The monoisotopic (exact) mass is 78.1 g/mol. The Balaban J connectivity index is 0. The Kier molecular flexibility index (Phi) is 14.4. The van der Waals surface area contributed by atoms with Gasteiger partial charge in [0.1, 0.15) is 0 Å². The number of hydrogen-bond acceptors (Lipinski definition) is 1. The molecule has 0 aromatic carbocycles. The molecule has 2 heteroatoms. The van der Waals surface area contributed by atoms with E-state index < -0.39 is 0 Å². The zero-order valence-electron chi connectivity index (χ0n) is 4.27. The Morgan fingerprint density at radius 2 is 2.33 bits per heavy atom. The van der Waals surface area contributed by atoms with Gasteiger partial charge in [-0.3, -0.25) is 0 Å². The Labute approximate surface area is 50.6 Å². The van der Waals surface area contributed by atoms with E-state index in [-0.39, 0.29) is 18.9 Å². The van der Waals surface area contributed by atoms with Crippen LogP contribution >= 0.6 is 0 Å². The van der Waals surface area contributed by atoms with E-state index in [1.165, 1.54) is 6.08 Å². The van der Waals surface area contributed by atoms with E-state index in [0.29, 0.717) is 6.61 Å². The number of methoxy groups -OCH3 is 1. The molecule has 0 fully saturated rings. The van der Waals surface area contributed by atoms with Crippen LogP contribution in [0.3, 0.4) is 0 Å². The molecular weight excluding hydrogens is 71.0 g/mol. The Bertz CT molecular complexity index is 28.7. The van der Waals surface area contributed by atoms with E-state index in [9.17, 15) is 0 Å². The Morgan fingerprint density at radius 1 is 1.83 bits per heavy atom. The zero-order valence-corrected chi connectivity index (χ0v) is 4.27. The van der Waals surface area contributed by atoms with Crippen molar-refractivity contribution in [3.63, 3.8) is 0 Å². The van der Waals surface area contributed by atoms with Gasteiger partial charge in [-0.05, 0) is 0 Å². The molecular formula is C4H7LiO. The fraction of sp³-hybridized carbons (Fsp3) is 0.500. The second-order valence-electron chi connectivity index (χ2n) is 0.691. The predicted molar refractivity (Wildman–Crippen MR) is 20.7 cm³/mol. The minimum Gasteiger partial charge on any atom is -0.516 e. The van der Waals surface area contributed by atoms with Gasteiger partial charge >= 0.3 is 18.9 Å². The molecule has 6 heavy (non-hydrogen) atoms. The van der Waals surface area contributed by atoms with Crippen LogP contribution in [0.25, 0.3) is 0 Å². The van der Waals surface area contributed by atoms with Gasteiger partial charge in [0.2, 0.25) is 0 Å². The van der Waals surface area contributed by atoms with E-state index in [4.69, 9.17) is 6.58 Å². The molecule has 0 saturated heterocycles. The van der Waals surface area contributed by atoms with Crippen LogP contribution in [0.2, 0.25) is 0 Å². The maximum atomic E-state index is 4.89. The first-order valence-corrected chi connectivity index (χ1v) is 1.44. The molecule has 0 aromatic heterocycles. The summed E-state index contributed by atoms with van der Waals surface area (Å²) < 4.78 is 4.51. The molecule has 0 aromatic rings. The number of ether oxygens (including phenoxy) is 1. The molecule has 0 aliphatic rings. The molecule has 0 aliphatic heterocycles. The van der Waals surface area contributed by atoms with Crippen molar-refractivity contribution in [1.29, 1.82) is 0 Å². The summed E-state index contributed by atoms with van der Waals surface area (Å²) in [7, 11) is 1.60. The van der Waals surface area contributed by atoms with Crippen LogP contribution in [0.5, 0.6) is 0 Å². The van der Waals surface area contributed by atoms with Crippen LogP contribution in [0, 0.1) is 6.58 Å². The average molecular weight is 78.0 g/mol. The van der Waals surface area contributed by atoms with Crippen LogP contribution < -0.4 is 18.9 Å².